The van der Waals surface area contributed by atoms with Crippen molar-refractivity contribution in [1.29, 1.82) is 0 Å². The summed E-state index contributed by atoms with van der Waals surface area (Å²) in [6.07, 6.45) is 0. The van der Waals surface area contributed by atoms with E-state index in [1.54, 1.807) is 31.2 Å². The summed E-state index contributed by atoms with van der Waals surface area (Å²) in [7, 11) is -4.66. The van der Waals surface area contributed by atoms with Crippen molar-refractivity contribution in [1.82, 2.24) is 0 Å². The second-order valence-electron chi connectivity index (χ2n) is 5.96. The summed E-state index contributed by atoms with van der Waals surface area (Å²) >= 11 is 0. The normalized spacial score (nSPS) is 12.1. The van der Waals surface area contributed by atoms with Crippen LogP contribution >= 0.6 is 0 Å². The minimum Gasteiger partial charge on any atom is -0.506 e. The van der Waals surface area contributed by atoms with Gasteiger partial charge in [0, 0.05) is 5.39 Å². The molecule has 0 aliphatic carbocycles. The molecule has 3 rings (SSSR count). The van der Waals surface area contributed by atoms with Crippen molar-refractivity contribution < 1.29 is 23.2 Å². The molecule has 0 spiro atoms. The number of benzene rings is 3. The fourth-order valence-corrected chi connectivity index (χ4v) is 3.24. The number of phenols is 2. The van der Waals surface area contributed by atoms with Crippen LogP contribution in [-0.2, 0) is 10.1 Å². The molecule has 134 valence electrons. The summed E-state index contributed by atoms with van der Waals surface area (Å²) in [6, 6.07) is 10.9. The van der Waals surface area contributed by atoms with Crippen LogP contribution in [0.15, 0.2) is 57.6 Å². The Kier molecular flexibility index (Phi) is 4.39. The lowest BCUT2D eigenvalue weighted by molar-refractivity contribution is 0.471. The van der Waals surface area contributed by atoms with E-state index in [9.17, 15) is 23.2 Å². The molecule has 7 nitrogen and oxygen atoms in total. The van der Waals surface area contributed by atoms with Gasteiger partial charge in [0.25, 0.3) is 10.1 Å². The van der Waals surface area contributed by atoms with Gasteiger partial charge in [-0.05, 0) is 43.0 Å². The molecule has 0 saturated heterocycles. The SMILES string of the molecule is Cc1ccc(N=Nc2c(S(=O)(=O)O)cc3cc(C)ccc3c2O)c(O)c1. The second kappa shape index (κ2) is 6.40. The summed E-state index contributed by atoms with van der Waals surface area (Å²) in [5.74, 6) is -0.566. The standard InChI is InChI=1S/C18H16N2O5S/c1-10-3-5-13-12(7-10)9-16(26(23,24)25)17(18(13)22)20-19-14-6-4-11(2)8-15(14)21/h3-9,21-22H,1-2H3,(H,23,24,25). The maximum absolute atomic E-state index is 11.8. The van der Waals surface area contributed by atoms with Crippen molar-refractivity contribution in [2.24, 2.45) is 10.2 Å². The topological polar surface area (TPSA) is 120 Å². The lowest BCUT2D eigenvalue weighted by Crippen LogP contribution is -1.99. The Morgan fingerprint density at radius 2 is 1.54 bits per heavy atom. The predicted molar refractivity (Wildman–Crippen MR) is 97.2 cm³/mol. The number of phenolic OH excluding ortho intramolecular Hbond substituents is 2. The number of hydrogen-bond acceptors (Lipinski definition) is 6. The van der Waals surface area contributed by atoms with E-state index < -0.39 is 26.5 Å². The molecular formula is C18H16N2O5S. The quantitative estimate of drug-likeness (QED) is 0.461. The number of azo groups is 1. The largest absolute Gasteiger partial charge is 0.506 e. The molecular weight excluding hydrogens is 356 g/mol. The molecule has 0 atom stereocenters. The molecule has 0 radical (unpaired) electrons. The number of aromatic hydroxyl groups is 2. The van der Waals surface area contributed by atoms with E-state index >= 15 is 0 Å². The van der Waals surface area contributed by atoms with Crippen LogP contribution in [0.25, 0.3) is 10.8 Å². The van der Waals surface area contributed by atoms with E-state index in [1.165, 1.54) is 18.2 Å². The Morgan fingerprint density at radius 3 is 2.19 bits per heavy atom. The Hall–Kier alpha value is -2.97. The molecule has 0 aliphatic heterocycles. The lowest BCUT2D eigenvalue weighted by atomic mass is 10.1. The highest BCUT2D eigenvalue weighted by atomic mass is 32.2. The predicted octanol–water partition coefficient (Wildman–Crippen LogP) is 4.53. The second-order valence-corrected chi connectivity index (χ2v) is 7.35. The molecule has 0 amide bonds. The maximum atomic E-state index is 11.8. The van der Waals surface area contributed by atoms with E-state index in [1.807, 2.05) is 6.92 Å². The first-order valence-corrected chi connectivity index (χ1v) is 9.06. The molecule has 0 heterocycles. The van der Waals surface area contributed by atoms with Crippen LogP contribution in [0.3, 0.4) is 0 Å². The zero-order valence-electron chi connectivity index (χ0n) is 14.0. The van der Waals surface area contributed by atoms with E-state index in [2.05, 4.69) is 10.2 Å². The maximum Gasteiger partial charge on any atom is 0.296 e. The smallest absolute Gasteiger partial charge is 0.296 e. The first-order valence-electron chi connectivity index (χ1n) is 7.62. The molecule has 3 aromatic rings. The molecule has 3 N–H and O–H groups in total. The van der Waals surface area contributed by atoms with Gasteiger partial charge in [0.2, 0.25) is 0 Å². The molecule has 0 unspecified atom stereocenters. The Balaban J connectivity index is 2.25. The van der Waals surface area contributed by atoms with Crippen LogP contribution in [0.1, 0.15) is 11.1 Å². The highest BCUT2D eigenvalue weighted by Crippen LogP contribution is 2.42. The fraction of sp³-hybridized carbons (Fsp3) is 0.111. The van der Waals surface area contributed by atoms with E-state index in [0.717, 1.165) is 11.1 Å². The van der Waals surface area contributed by atoms with Gasteiger partial charge >= 0.3 is 0 Å². The molecule has 0 saturated carbocycles. The van der Waals surface area contributed by atoms with Crippen LogP contribution in [0.2, 0.25) is 0 Å². The molecule has 0 aromatic heterocycles. The third-order valence-corrected chi connectivity index (χ3v) is 4.74. The molecule has 26 heavy (non-hydrogen) atoms. The molecule has 8 heteroatoms. The van der Waals surface area contributed by atoms with Gasteiger partial charge in [-0.2, -0.15) is 8.42 Å². The monoisotopic (exact) mass is 372 g/mol. The van der Waals surface area contributed by atoms with Gasteiger partial charge in [-0.3, -0.25) is 4.55 Å². The molecule has 0 bridgehead atoms. The lowest BCUT2D eigenvalue weighted by Gasteiger charge is -2.09. The molecule has 3 aromatic carbocycles. The zero-order chi connectivity index (χ0) is 19.1. The number of nitrogens with zero attached hydrogens (tertiary/aromatic N) is 2. The fourth-order valence-electron chi connectivity index (χ4n) is 2.59. The van der Waals surface area contributed by atoms with Crippen molar-refractivity contribution in [3.8, 4) is 11.5 Å². The van der Waals surface area contributed by atoms with Crippen LogP contribution in [-0.4, -0.2) is 23.2 Å². The van der Waals surface area contributed by atoms with Gasteiger partial charge in [0.05, 0.1) is 0 Å². The summed E-state index contributed by atoms with van der Waals surface area (Å²) in [4.78, 5) is -0.566. The van der Waals surface area contributed by atoms with Crippen LogP contribution in [0.4, 0.5) is 11.4 Å². The van der Waals surface area contributed by atoms with E-state index in [0.29, 0.717) is 10.8 Å². The Labute approximate surface area is 150 Å². The first kappa shape index (κ1) is 17.8. The van der Waals surface area contributed by atoms with Gasteiger partial charge in [-0.25, -0.2) is 0 Å². The van der Waals surface area contributed by atoms with Gasteiger partial charge < -0.3 is 10.2 Å². The van der Waals surface area contributed by atoms with Gasteiger partial charge in [0.1, 0.15) is 22.0 Å². The van der Waals surface area contributed by atoms with Crippen molar-refractivity contribution in [3.05, 3.63) is 53.6 Å². The highest BCUT2D eigenvalue weighted by Gasteiger charge is 2.22. The van der Waals surface area contributed by atoms with Crippen molar-refractivity contribution in [2.45, 2.75) is 18.7 Å². The Morgan fingerprint density at radius 1 is 0.885 bits per heavy atom. The summed E-state index contributed by atoms with van der Waals surface area (Å²) in [6.45, 7) is 3.60. The van der Waals surface area contributed by atoms with Crippen LogP contribution in [0, 0.1) is 13.8 Å². The van der Waals surface area contributed by atoms with Gasteiger partial charge in [-0.1, -0.05) is 29.8 Å². The van der Waals surface area contributed by atoms with Crippen molar-refractivity contribution in [2.75, 3.05) is 0 Å². The van der Waals surface area contributed by atoms with E-state index in [-0.39, 0.29) is 11.4 Å². The zero-order valence-corrected chi connectivity index (χ0v) is 14.8. The third kappa shape index (κ3) is 3.37. The first-order chi connectivity index (χ1) is 12.2. The highest BCUT2D eigenvalue weighted by molar-refractivity contribution is 7.86. The third-order valence-electron chi connectivity index (χ3n) is 3.87. The van der Waals surface area contributed by atoms with Crippen LogP contribution in [0.5, 0.6) is 11.5 Å². The van der Waals surface area contributed by atoms with Gasteiger partial charge in [-0.15, -0.1) is 10.2 Å². The summed E-state index contributed by atoms with van der Waals surface area (Å²) in [5, 5.41) is 28.8. The molecule has 0 aliphatic rings. The number of fused-ring (bicyclic) bond motifs is 1. The minimum atomic E-state index is -4.66. The number of aryl methyl sites for hydroxylation is 2. The summed E-state index contributed by atoms with van der Waals surface area (Å²) < 4.78 is 33.0. The van der Waals surface area contributed by atoms with Crippen molar-refractivity contribution in [3.63, 3.8) is 0 Å². The number of rotatable bonds is 3. The van der Waals surface area contributed by atoms with E-state index in [4.69, 9.17) is 0 Å². The molecule has 0 fully saturated rings. The number of hydrogen-bond donors (Lipinski definition) is 3. The van der Waals surface area contributed by atoms with Crippen LogP contribution < -0.4 is 0 Å². The average molecular weight is 372 g/mol. The Bertz CT molecular complexity index is 1150. The van der Waals surface area contributed by atoms with Gasteiger partial charge in [0.15, 0.2) is 5.75 Å². The average Bonchev–Trinajstić information content (AvgIpc) is 2.54. The minimum absolute atomic E-state index is 0.0975. The summed E-state index contributed by atoms with van der Waals surface area (Å²) in [5.41, 5.74) is 1.37. The van der Waals surface area contributed by atoms with Crippen molar-refractivity contribution >= 4 is 32.3 Å².